The van der Waals surface area contributed by atoms with Crippen LogP contribution in [0.15, 0.2) is 23.4 Å². The highest BCUT2D eigenvalue weighted by Crippen LogP contribution is 2.14. The zero-order valence-corrected chi connectivity index (χ0v) is 12.9. The average molecular weight is 308 g/mol. The molecule has 0 bridgehead atoms. The Kier molecular flexibility index (Phi) is 5.31. The van der Waals surface area contributed by atoms with Gasteiger partial charge in [0.1, 0.15) is 4.90 Å². The third-order valence-corrected chi connectivity index (χ3v) is 4.89. The summed E-state index contributed by atoms with van der Waals surface area (Å²) in [6.45, 7) is 2.02. The maximum atomic E-state index is 12.4. The van der Waals surface area contributed by atoms with Crippen LogP contribution in [-0.2, 0) is 10.0 Å². The van der Waals surface area contributed by atoms with Crippen molar-refractivity contribution in [2.75, 3.05) is 26.7 Å². The summed E-state index contributed by atoms with van der Waals surface area (Å²) >= 11 is 0. The van der Waals surface area contributed by atoms with Gasteiger partial charge in [0.15, 0.2) is 0 Å². The Morgan fingerprint density at radius 1 is 1.43 bits per heavy atom. The Labute approximate surface area is 125 Å². The molecule has 0 aromatic carbocycles. The summed E-state index contributed by atoms with van der Waals surface area (Å²) in [4.78, 5) is 6.27. The van der Waals surface area contributed by atoms with E-state index >= 15 is 0 Å². The molecule has 6 nitrogen and oxygen atoms in total. The van der Waals surface area contributed by atoms with Gasteiger partial charge in [-0.1, -0.05) is 11.8 Å². The number of rotatable bonds is 3. The highest BCUT2D eigenvalue weighted by molar-refractivity contribution is 7.89. The van der Waals surface area contributed by atoms with Gasteiger partial charge in [-0.05, 0) is 39.0 Å². The quantitative estimate of drug-likeness (QED) is 0.753. The van der Waals surface area contributed by atoms with Gasteiger partial charge in [-0.25, -0.2) is 13.1 Å². The standard InChI is InChI=1S/C14H20N4O2S/c1-18-7-4-13(5-8-18)17-21(19,20)14-9-12(3-2-6-15)10-16-11-14/h9-11,13,17H,4-8,15H2,1H3. The minimum Gasteiger partial charge on any atom is -0.320 e. The predicted octanol–water partition coefficient (Wildman–Crippen LogP) is -0.236. The lowest BCUT2D eigenvalue weighted by atomic mass is 10.1. The van der Waals surface area contributed by atoms with Crippen molar-refractivity contribution in [2.24, 2.45) is 5.73 Å². The number of nitrogens with two attached hydrogens (primary N) is 1. The third-order valence-electron chi connectivity index (χ3n) is 3.40. The van der Waals surface area contributed by atoms with Crippen LogP contribution in [-0.4, -0.2) is 51.0 Å². The fraction of sp³-hybridized carbons (Fsp3) is 0.500. The molecule has 7 heteroatoms. The number of nitrogens with zero attached hydrogens (tertiary/aromatic N) is 2. The molecule has 0 unspecified atom stereocenters. The molecular formula is C14H20N4O2S. The van der Waals surface area contributed by atoms with Crippen LogP contribution in [0.2, 0.25) is 0 Å². The van der Waals surface area contributed by atoms with Crippen molar-refractivity contribution in [1.82, 2.24) is 14.6 Å². The molecule has 0 radical (unpaired) electrons. The van der Waals surface area contributed by atoms with E-state index in [-0.39, 0.29) is 17.5 Å². The Balaban J connectivity index is 2.12. The number of pyridine rings is 1. The fourth-order valence-electron chi connectivity index (χ4n) is 2.20. The first-order valence-corrected chi connectivity index (χ1v) is 8.34. The van der Waals surface area contributed by atoms with Gasteiger partial charge in [0.25, 0.3) is 0 Å². The highest BCUT2D eigenvalue weighted by Gasteiger charge is 2.23. The summed E-state index contributed by atoms with van der Waals surface area (Å²) in [5, 5.41) is 0. The van der Waals surface area contributed by atoms with Gasteiger partial charge in [-0.15, -0.1) is 0 Å². The van der Waals surface area contributed by atoms with E-state index in [2.05, 4.69) is 26.4 Å². The van der Waals surface area contributed by atoms with Gasteiger partial charge in [0, 0.05) is 24.0 Å². The molecule has 1 fully saturated rings. The van der Waals surface area contributed by atoms with Crippen LogP contribution in [0.1, 0.15) is 18.4 Å². The number of likely N-dealkylation sites (tertiary alicyclic amines) is 1. The normalized spacial score (nSPS) is 17.2. The van der Waals surface area contributed by atoms with E-state index in [0.29, 0.717) is 5.56 Å². The summed E-state index contributed by atoms with van der Waals surface area (Å²) in [5.74, 6) is 5.48. The molecule has 114 valence electrons. The van der Waals surface area contributed by atoms with E-state index in [1.165, 1.54) is 18.5 Å². The first-order valence-electron chi connectivity index (χ1n) is 6.86. The van der Waals surface area contributed by atoms with Crippen molar-refractivity contribution in [1.29, 1.82) is 0 Å². The summed E-state index contributed by atoms with van der Waals surface area (Å²) in [5.41, 5.74) is 5.85. The Morgan fingerprint density at radius 3 is 2.81 bits per heavy atom. The van der Waals surface area contributed by atoms with Crippen molar-refractivity contribution in [2.45, 2.75) is 23.8 Å². The molecular weight excluding hydrogens is 288 g/mol. The number of aromatic nitrogens is 1. The van der Waals surface area contributed by atoms with Crippen LogP contribution in [0.5, 0.6) is 0 Å². The minimum absolute atomic E-state index is 0.0232. The third kappa shape index (κ3) is 4.51. The maximum Gasteiger partial charge on any atom is 0.242 e. The Morgan fingerprint density at radius 2 is 2.14 bits per heavy atom. The van der Waals surface area contributed by atoms with Crippen molar-refractivity contribution in [3.8, 4) is 11.8 Å². The molecule has 0 amide bonds. The molecule has 1 aliphatic heterocycles. The molecule has 1 aromatic rings. The number of nitrogens with one attached hydrogen (secondary N) is 1. The summed E-state index contributed by atoms with van der Waals surface area (Å²) in [6, 6.07) is 1.50. The van der Waals surface area contributed by atoms with E-state index in [9.17, 15) is 8.42 Å². The highest BCUT2D eigenvalue weighted by atomic mass is 32.2. The molecule has 0 aliphatic carbocycles. The molecule has 3 N–H and O–H groups in total. The van der Waals surface area contributed by atoms with Gasteiger partial charge in [0.05, 0.1) is 6.54 Å². The lowest BCUT2D eigenvalue weighted by molar-refractivity contribution is 0.248. The lowest BCUT2D eigenvalue weighted by Crippen LogP contribution is -2.43. The smallest absolute Gasteiger partial charge is 0.242 e. The molecule has 0 spiro atoms. The van der Waals surface area contributed by atoms with E-state index < -0.39 is 10.0 Å². The lowest BCUT2D eigenvalue weighted by Gasteiger charge is -2.29. The van der Waals surface area contributed by atoms with E-state index in [4.69, 9.17) is 5.73 Å². The zero-order chi connectivity index (χ0) is 15.3. The minimum atomic E-state index is -3.55. The van der Waals surface area contributed by atoms with Crippen LogP contribution in [0.4, 0.5) is 0 Å². The Bertz CT molecular complexity index is 640. The summed E-state index contributed by atoms with van der Waals surface area (Å²) < 4.78 is 27.5. The Hall–Kier alpha value is -1.46. The van der Waals surface area contributed by atoms with E-state index in [1.807, 2.05) is 7.05 Å². The first kappa shape index (κ1) is 15.9. The van der Waals surface area contributed by atoms with Crippen LogP contribution in [0, 0.1) is 11.8 Å². The van der Waals surface area contributed by atoms with Gasteiger partial charge in [-0.3, -0.25) is 4.98 Å². The predicted molar refractivity (Wildman–Crippen MR) is 81.0 cm³/mol. The molecule has 21 heavy (non-hydrogen) atoms. The monoisotopic (exact) mass is 308 g/mol. The number of hydrogen-bond acceptors (Lipinski definition) is 5. The number of sulfonamides is 1. The first-order chi connectivity index (χ1) is 10.0. The molecule has 2 heterocycles. The van der Waals surface area contributed by atoms with Gasteiger partial charge >= 0.3 is 0 Å². The summed E-state index contributed by atoms with van der Waals surface area (Å²) in [6.07, 6.45) is 4.49. The molecule has 1 aliphatic rings. The largest absolute Gasteiger partial charge is 0.320 e. The molecule has 2 rings (SSSR count). The van der Waals surface area contributed by atoms with Crippen molar-refractivity contribution >= 4 is 10.0 Å². The van der Waals surface area contributed by atoms with Crippen LogP contribution < -0.4 is 10.5 Å². The van der Waals surface area contributed by atoms with Crippen molar-refractivity contribution in [3.63, 3.8) is 0 Å². The van der Waals surface area contributed by atoms with Crippen LogP contribution >= 0.6 is 0 Å². The second-order valence-corrected chi connectivity index (χ2v) is 6.83. The molecule has 0 saturated carbocycles. The van der Waals surface area contributed by atoms with Crippen molar-refractivity contribution in [3.05, 3.63) is 24.0 Å². The zero-order valence-electron chi connectivity index (χ0n) is 12.0. The molecule has 0 atom stereocenters. The van der Waals surface area contributed by atoms with Gasteiger partial charge < -0.3 is 10.6 Å². The SMILES string of the molecule is CN1CCC(NS(=O)(=O)c2cncc(C#CCN)c2)CC1. The topological polar surface area (TPSA) is 88.3 Å². The summed E-state index contributed by atoms with van der Waals surface area (Å²) in [7, 11) is -1.52. The van der Waals surface area contributed by atoms with Crippen LogP contribution in [0.3, 0.4) is 0 Å². The maximum absolute atomic E-state index is 12.4. The average Bonchev–Trinajstić information content (AvgIpc) is 2.48. The second kappa shape index (κ2) is 7.00. The van der Waals surface area contributed by atoms with Gasteiger partial charge in [-0.2, -0.15) is 0 Å². The van der Waals surface area contributed by atoms with Crippen molar-refractivity contribution < 1.29 is 8.42 Å². The van der Waals surface area contributed by atoms with Gasteiger partial charge in [0.2, 0.25) is 10.0 Å². The fourth-order valence-corrected chi connectivity index (χ4v) is 3.49. The molecule has 1 aromatic heterocycles. The van der Waals surface area contributed by atoms with E-state index in [0.717, 1.165) is 25.9 Å². The second-order valence-electron chi connectivity index (χ2n) is 5.11. The van der Waals surface area contributed by atoms with Crippen LogP contribution in [0.25, 0.3) is 0 Å². The van der Waals surface area contributed by atoms with E-state index in [1.54, 1.807) is 0 Å². The number of piperidine rings is 1. The molecule has 1 saturated heterocycles. The number of hydrogen-bond donors (Lipinski definition) is 2.